The normalized spacial score (nSPS) is 11.7. The molecule has 0 fully saturated rings. The van der Waals surface area contributed by atoms with Crippen LogP contribution < -0.4 is 16.4 Å². The summed E-state index contributed by atoms with van der Waals surface area (Å²) in [4.78, 5) is 35.7. The highest BCUT2D eigenvalue weighted by molar-refractivity contribution is 6.07. The molecule has 10 nitrogen and oxygen atoms in total. The molecule has 1 aromatic rings. The Kier molecular flexibility index (Phi) is 15.1. The Morgan fingerprint density at radius 1 is 0.935 bits per heavy atom. The predicted molar refractivity (Wildman–Crippen MR) is 119 cm³/mol. The summed E-state index contributed by atoms with van der Waals surface area (Å²) in [5, 5.41) is 39.3. The molecule has 0 bridgehead atoms. The van der Waals surface area contributed by atoms with Gasteiger partial charge >= 0.3 is 0 Å². The van der Waals surface area contributed by atoms with Crippen molar-refractivity contribution in [1.29, 1.82) is 0 Å². The van der Waals surface area contributed by atoms with Crippen molar-refractivity contribution in [2.45, 2.75) is 60.7 Å². The molecule has 0 aromatic heterocycles. The number of benzene rings is 1. The number of carbonyl (C=O) groups excluding carboxylic acids is 3. The second-order valence-corrected chi connectivity index (χ2v) is 6.62. The Labute approximate surface area is 183 Å². The third-order valence-electron chi connectivity index (χ3n) is 4.00. The van der Waals surface area contributed by atoms with E-state index in [-0.39, 0.29) is 30.2 Å². The van der Waals surface area contributed by atoms with E-state index in [1.165, 1.54) is 13.8 Å². The lowest BCUT2D eigenvalue weighted by atomic mass is 9.90. The molecule has 3 amide bonds. The number of hydrogen-bond donors (Lipinski definition) is 7. The van der Waals surface area contributed by atoms with E-state index in [0.29, 0.717) is 22.4 Å². The van der Waals surface area contributed by atoms with Gasteiger partial charge in [0.25, 0.3) is 5.91 Å². The largest absolute Gasteiger partial charge is 0.394 e. The van der Waals surface area contributed by atoms with Gasteiger partial charge in [-0.3, -0.25) is 14.4 Å². The highest BCUT2D eigenvalue weighted by atomic mass is 16.3. The Bertz CT molecular complexity index is 749. The van der Waals surface area contributed by atoms with Gasteiger partial charge in [-0.1, -0.05) is 13.8 Å². The summed E-state index contributed by atoms with van der Waals surface area (Å²) in [5.74, 6) is -1.59. The van der Waals surface area contributed by atoms with Crippen molar-refractivity contribution in [2.75, 3.05) is 25.1 Å². The number of anilines is 1. The van der Waals surface area contributed by atoms with Crippen LogP contribution in [-0.2, 0) is 4.79 Å². The summed E-state index contributed by atoms with van der Waals surface area (Å²) < 4.78 is 0. The van der Waals surface area contributed by atoms with Crippen LogP contribution in [-0.4, -0.2) is 70.1 Å². The third kappa shape index (κ3) is 9.88. The lowest BCUT2D eigenvalue weighted by Crippen LogP contribution is -2.35. The molecular weight excluding hydrogens is 406 g/mol. The monoisotopic (exact) mass is 443 g/mol. The Morgan fingerprint density at radius 3 is 1.74 bits per heavy atom. The molecule has 31 heavy (non-hydrogen) atoms. The highest BCUT2D eigenvalue weighted by Crippen LogP contribution is 2.31. The van der Waals surface area contributed by atoms with Crippen molar-refractivity contribution in [3.63, 3.8) is 0 Å². The van der Waals surface area contributed by atoms with Crippen LogP contribution in [0, 0.1) is 20.8 Å². The molecule has 0 aliphatic heterocycles. The Hall–Kier alpha value is -2.53. The number of amides is 3. The van der Waals surface area contributed by atoms with E-state index in [4.69, 9.17) is 21.1 Å². The maximum Gasteiger partial charge on any atom is 0.252 e. The van der Waals surface area contributed by atoms with E-state index in [9.17, 15) is 19.5 Å². The van der Waals surface area contributed by atoms with Gasteiger partial charge in [-0.25, -0.2) is 0 Å². The minimum Gasteiger partial charge on any atom is -0.394 e. The fourth-order valence-corrected chi connectivity index (χ4v) is 2.66. The Balaban J connectivity index is 0. The lowest BCUT2D eigenvalue weighted by Gasteiger charge is -2.21. The average molecular weight is 444 g/mol. The van der Waals surface area contributed by atoms with E-state index >= 15 is 0 Å². The van der Waals surface area contributed by atoms with E-state index in [2.05, 4.69) is 10.6 Å². The summed E-state index contributed by atoms with van der Waals surface area (Å²) in [6.45, 7) is 10.9. The third-order valence-corrected chi connectivity index (χ3v) is 4.00. The van der Waals surface area contributed by atoms with E-state index in [1.54, 1.807) is 20.8 Å². The molecule has 1 rings (SSSR count). The second-order valence-electron chi connectivity index (χ2n) is 6.62. The number of rotatable bonds is 7. The summed E-state index contributed by atoms with van der Waals surface area (Å²) in [6, 6.07) is 0. The summed E-state index contributed by atoms with van der Waals surface area (Å²) >= 11 is 0. The van der Waals surface area contributed by atoms with Gasteiger partial charge in [0.05, 0.1) is 25.4 Å². The molecule has 8 N–H and O–H groups in total. The van der Waals surface area contributed by atoms with Crippen LogP contribution in [0.1, 0.15) is 65.1 Å². The first-order valence-electron chi connectivity index (χ1n) is 9.96. The molecule has 0 heterocycles. The number of primary amides is 1. The summed E-state index contributed by atoms with van der Waals surface area (Å²) in [5.41, 5.74) is 7.50. The topological polar surface area (TPSA) is 182 Å². The maximum atomic E-state index is 12.5. The van der Waals surface area contributed by atoms with Crippen molar-refractivity contribution < 1.29 is 34.8 Å². The van der Waals surface area contributed by atoms with Crippen molar-refractivity contribution in [3.05, 3.63) is 27.8 Å². The molecule has 0 aliphatic rings. The molecule has 2 unspecified atom stereocenters. The van der Waals surface area contributed by atoms with Gasteiger partial charge < -0.3 is 36.8 Å². The number of aliphatic hydroxyl groups excluding tert-OH is 4. The fourth-order valence-electron chi connectivity index (χ4n) is 2.66. The predicted octanol–water partition coefficient (Wildman–Crippen LogP) is 0.138. The molecular formula is C21H37N3O7. The number of nitrogens with two attached hydrogens (primary N) is 1. The van der Waals surface area contributed by atoms with Crippen LogP contribution in [0.2, 0.25) is 0 Å². The van der Waals surface area contributed by atoms with Crippen LogP contribution in [0.5, 0.6) is 0 Å². The number of aliphatic hydroxyl groups is 4. The number of carbonyl (C=O) groups is 3. The lowest BCUT2D eigenvalue weighted by molar-refractivity contribution is -0.114. The van der Waals surface area contributed by atoms with Gasteiger partial charge in [0.1, 0.15) is 0 Å². The first-order valence-corrected chi connectivity index (χ1v) is 9.96. The van der Waals surface area contributed by atoms with Crippen molar-refractivity contribution >= 4 is 23.4 Å². The van der Waals surface area contributed by atoms with Crippen LogP contribution >= 0.6 is 0 Å². The minimum absolute atomic E-state index is 0.139. The number of hydrogen-bond acceptors (Lipinski definition) is 7. The maximum absolute atomic E-state index is 12.5. The molecule has 2 atom stereocenters. The zero-order chi connectivity index (χ0) is 24.9. The smallest absolute Gasteiger partial charge is 0.252 e. The zero-order valence-electron chi connectivity index (χ0n) is 19.4. The molecule has 178 valence electrons. The molecule has 0 aliphatic carbocycles. The van der Waals surface area contributed by atoms with Gasteiger partial charge in [0, 0.05) is 30.3 Å². The first kappa shape index (κ1) is 30.7. The molecule has 10 heteroatoms. The fraction of sp³-hybridized carbons (Fsp3) is 0.571. The second kappa shape index (κ2) is 15.3. The van der Waals surface area contributed by atoms with Gasteiger partial charge in [-0.2, -0.15) is 0 Å². The Morgan fingerprint density at radius 2 is 1.39 bits per heavy atom. The van der Waals surface area contributed by atoms with Crippen molar-refractivity contribution in [3.8, 4) is 0 Å². The molecule has 0 saturated carbocycles. The van der Waals surface area contributed by atoms with Gasteiger partial charge in [-0.05, 0) is 44.4 Å². The van der Waals surface area contributed by atoms with Crippen molar-refractivity contribution in [2.24, 2.45) is 5.73 Å². The van der Waals surface area contributed by atoms with Gasteiger partial charge in [0.2, 0.25) is 11.8 Å². The first-order chi connectivity index (χ1) is 14.4. The summed E-state index contributed by atoms with van der Waals surface area (Å²) in [6.07, 6.45) is -1.65. The summed E-state index contributed by atoms with van der Waals surface area (Å²) in [7, 11) is 0. The minimum atomic E-state index is -1.09. The highest BCUT2D eigenvalue weighted by Gasteiger charge is 2.24. The molecule has 0 radical (unpaired) electrons. The SMILES string of the molecule is CC.CC(=O)Nc1c(C)c(C(N)=O)c(C)c(C(=O)NCC(O)CO)c1C.CC(O)CO. The van der Waals surface area contributed by atoms with Crippen LogP contribution in [0.4, 0.5) is 5.69 Å². The van der Waals surface area contributed by atoms with E-state index < -0.39 is 30.6 Å². The van der Waals surface area contributed by atoms with Gasteiger partial charge in [-0.15, -0.1) is 0 Å². The van der Waals surface area contributed by atoms with Crippen molar-refractivity contribution in [1.82, 2.24) is 5.32 Å². The molecule has 0 spiro atoms. The van der Waals surface area contributed by atoms with Gasteiger partial charge in [0.15, 0.2) is 0 Å². The average Bonchev–Trinajstić information content (AvgIpc) is 2.70. The molecule has 1 aromatic carbocycles. The van der Waals surface area contributed by atoms with E-state index in [0.717, 1.165) is 0 Å². The van der Waals surface area contributed by atoms with Crippen LogP contribution in [0.25, 0.3) is 0 Å². The zero-order valence-corrected chi connectivity index (χ0v) is 19.4. The van der Waals surface area contributed by atoms with Crippen LogP contribution in [0.15, 0.2) is 0 Å². The van der Waals surface area contributed by atoms with Crippen LogP contribution in [0.3, 0.4) is 0 Å². The number of nitrogens with one attached hydrogen (secondary N) is 2. The molecule has 0 saturated heterocycles. The quantitative estimate of drug-likeness (QED) is 0.312. The standard InChI is InChI=1S/C16H23N3O5.C3H8O2.C2H6/c1-7-12(15(17)23)8(2)14(19-10(4)21)9(3)13(7)16(24)18-5-11(22)6-20;1-3(5)2-4;1-2/h11,20,22H,5-6H2,1-4H3,(H2,17,23)(H,18,24)(H,19,21);3-5H,2H2,1H3;1-2H3. The van der Waals surface area contributed by atoms with E-state index in [1.807, 2.05) is 13.8 Å².